The zero-order valence-electron chi connectivity index (χ0n) is 14.0. The number of aromatic nitrogens is 4. The number of hydrogen-bond donors (Lipinski definition) is 1. The predicted molar refractivity (Wildman–Crippen MR) is 90.7 cm³/mol. The summed E-state index contributed by atoms with van der Waals surface area (Å²) in [5, 5.41) is 7.93. The third-order valence-corrected chi connectivity index (χ3v) is 5.55. The molecule has 2 saturated carbocycles. The molecular formula is C18H25N5. The summed E-state index contributed by atoms with van der Waals surface area (Å²) in [6, 6.07) is 2.05. The van der Waals surface area contributed by atoms with E-state index in [1.165, 1.54) is 32.1 Å². The maximum absolute atomic E-state index is 4.66. The molecule has 3 unspecified atom stereocenters. The first kappa shape index (κ1) is 14.7. The van der Waals surface area contributed by atoms with E-state index in [1.54, 1.807) is 12.4 Å². The summed E-state index contributed by atoms with van der Waals surface area (Å²) >= 11 is 0. The first-order chi connectivity index (χ1) is 11.2. The largest absolute Gasteiger partial charge is 0.369 e. The molecule has 3 atom stereocenters. The van der Waals surface area contributed by atoms with Crippen molar-refractivity contribution in [2.45, 2.75) is 46.0 Å². The van der Waals surface area contributed by atoms with E-state index in [4.69, 9.17) is 0 Å². The summed E-state index contributed by atoms with van der Waals surface area (Å²) < 4.78 is 1.85. The Kier molecular flexibility index (Phi) is 3.79. The lowest BCUT2D eigenvalue weighted by molar-refractivity contribution is 0.321. The lowest BCUT2D eigenvalue weighted by Crippen LogP contribution is -2.16. The number of hydrogen-bond acceptors (Lipinski definition) is 4. The van der Waals surface area contributed by atoms with Crippen LogP contribution in [0.2, 0.25) is 0 Å². The van der Waals surface area contributed by atoms with Crippen molar-refractivity contribution in [1.29, 1.82) is 0 Å². The molecule has 5 heteroatoms. The Balaban J connectivity index is 1.38. The van der Waals surface area contributed by atoms with Crippen LogP contribution in [0.1, 0.15) is 43.5 Å². The van der Waals surface area contributed by atoms with Gasteiger partial charge in [0.1, 0.15) is 5.82 Å². The Bertz CT molecular complexity index is 692. The van der Waals surface area contributed by atoms with Crippen molar-refractivity contribution in [2.75, 3.05) is 11.9 Å². The van der Waals surface area contributed by atoms with Gasteiger partial charge in [-0.25, -0.2) is 9.67 Å². The van der Waals surface area contributed by atoms with Crippen molar-refractivity contribution in [3.05, 3.63) is 29.8 Å². The van der Waals surface area contributed by atoms with E-state index in [9.17, 15) is 0 Å². The second-order valence-electron chi connectivity index (χ2n) is 7.25. The smallest absolute Gasteiger partial charge is 0.174 e. The first-order valence-corrected chi connectivity index (χ1v) is 8.78. The summed E-state index contributed by atoms with van der Waals surface area (Å²) in [4.78, 5) is 8.97. The fourth-order valence-corrected chi connectivity index (χ4v) is 4.52. The topological polar surface area (TPSA) is 55.6 Å². The zero-order chi connectivity index (χ0) is 15.8. The minimum absolute atomic E-state index is 0.778. The molecule has 2 aromatic heterocycles. The first-order valence-electron chi connectivity index (χ1n) is 8.78. The van der Waals surface area contributed by atoms with Crippen LogP contribution in [0.3, 0.4) is 0 Å². The maximum Gasteiger partial charge on any atom is 0.174 e. The third kappa shape index (κ3) is 2.96. The standard InChI is InChI=1S/C18H25N5/c1-12-7-13(2)23(22-12)18-11-19-10-17(21-18)20-6-5-16-9-14-3-4-15(16)8-14/h7,10-11,14-16H,3-6,8-9H2,1-2H3,(H,20,21). The van der Waals surface area contributed by atoms with Gasteiger partial charge in [0.25, 0.3) is 0 Å². The quantitative estimate of drug-likeness (QED) is 0.918. The second kappa shape index (κ2) is 5.95. The van der Waals surface area contributed by atoms with Crippen molar-refractivity contribution in [3.8, 4) is 5.82 Å². The van der Waals surface area contributed by atoms with Gasteiger partial charge >= 0.3 is 0 Å². The highest BCUT2D eigenvalue weighted by Gasteiger charge is 2.38. The molecule has 0 amide bonds. The van der Waals surface area contributed by atoms with E-state index >= 15 is 0 Å². The Labute approximate surface area is 137 Å². The average molecular weight is 311 g/mol. The molecule has 23 heavy (non-hydrogen) atoms. The van der Waals surface area contributed by atoms with Crippen LogP contribution in [0.25, 0.3) is 5.82 Å². The molecule has 2 bridgehead atoms. The number of rotatable bonds is 5. The van der Waals surface area contributed by atoms with E-state index in [-0.39, 0.29) is 0 Å². The fourth-order valence-electron chi connectivity index (χ4n) is 4.52. The van der Waals surface area contributed by atoms with Crippen molar-refractivity contribution < 1.29 is 0 Å². The van der Waals surface area contributed by atoms with Crippen LogP contribution >= 0.6 is 0 Å². The van der Waals surface area contributed by atoms with Gasteiger partial charge < -0.3 is 5.32 Å². The van der Waals surface area contributed by atoms with Crippen LogP contribution < -0.4 is 5.32 Å². The molecule has 0 spiro atoms. The van der Waals surface area contributed by atoms with Crippen molar-refractivity contribution in [3.63, 3.8) is 0 Å². The Hall–Kier alpha value is -1.91. The third-order valence-electron chi connectivity index (χ3n) is 5.55. The number of aryl methyl sites for hydroxylation is 2. The van der Waals surface area contributed by atoms with Gasteiger partial charge in [-0.3, -0.25) is 4.98 Å². The predicted octanol–water partition coefficient (Wildman–Crippen LogP) is 3.52. The van der Waals surface area contributed by atoms with Crippen LogP contribution in [0.5, 0.6) is 0 Å². The molecule has 2 aromatic rings. The Morgan fingerprint density at radius 3 is 2.83 bits per heavy atom. The molecule has 122 valence electrons. The zero-order valence-corrected chi connectivity index (χ0v) is 14.0. The highest BCUT2D eigenvalue weighted by molar-refractivity contribution is 5.36. The van der Waals surface area contributed by atoms with E-state index in [0.717, 1.165) is 47.3 Å². The van der Waals surface area contributed by atoms with Gasteiger partial charge in [-0.05, 0) is 63.4 Å². The molecular weight excluding hydrogens is 286 g/mol. The van der Waals surface area contributed by atoms with Crippen LogP contribution in [0.4, 0.5) is 5.82 Å². The monoisotopic (exact) mass is 311 g/mol. The number of anilines is 1. The number of nitrogens with zero attached hydrogens (tertiary/aromatic N) is 4. The molecule has 2 fully saturated rings. The highest BCUT2D eigenvalue weighted by atomic mass is 15.3. The molecule has 5 nitrogen and oxygen atoms in total. The second-order valence-corrected chi connectivity index (χ2v) is 7.25. The summed E-state index contributed by atoms with van der Waals surface area (Å²) in [6.45, 7) is 5.02. The van der Waals surface area contributed by atoms with Crippen LogP contribution in [0.15, 0.2) is 18.5 Å². The lowest BCUT2D eigenvalue weighted by Gasteiger charge is -2.21. The lowest BCUT2D eigenvalue weighted by atomic mass is 9.86. The van der Waals surface area contributed by atoms with Crippen LogP contribution in [-0.2, 0) is 0 Å². The summed E-state index contributed by atoms with van der Waals surface area (Å²) in [7, 11) is 0. The molecule has 2 aliphatic carbocycles. The van der Waals surface area contributed by atoms with Gasteiger partial charge in [0.2, 0.25) is 0 Å². The molecule has 0 aromatic carbocycles. The molecule has 2 heterocycles. The van der Waals surface area contributed by atoms with E-state index in [2.05, 4.69) is 26.4 Å². The summed E-state index contributed by atoms with van der Waals surface area (Å²) in [5.74, 6) is 4.57. The van der Waals surface area contributed by atoms with Crippen LogP contribution in [0, 0.1) is 31.6 Å². The fraction of sp³-hybridized carbons (Fsp3) is 0.611. The van der Waals surface area contributed by atoms with Crippen molar-refractivity contribution in [1.82, 2.24) is 19.7 Å². The number of fused-ring (bicyclic) bond motifs is 2. The molecule has 2 aliphatic rings. The van der Waals surface area contributed by atoms with Gasteiger partial charge in [0.15, 0.2) is 5.82 Å². The molecule has 0 aliphatic heterocycles. The van der Waals surface area contributed by atoms with Gasteiger partial charge in [0, 0.05) is 12.2 Å². The number of nitrogens with one attached hydrogen (secondary N) is 1. The van der Waals surface area contributed by atoms with E-state index < -0.39 is 0 Å². The molecule has 4 rings (SSSR count). The SMILES string of the molecule is Cc1cc(C)n(-c2cncc(NCCC3CC4CCC3C4)n2)n1. The van der Waals surface area contributed by atoms with Gasteiger partial charge in [-0.1, -0.05) is 6.42 Å². The average Bonchev–Trinajstić information content (AvgIpc) is 3.23. The van der Waals surface area contributed by atoms with Gasteiger partial charge in [0.05, 0.1) is 18.1 Å². The van der Waals surface area contributed by atoms with E-state index in [0.29, 0.717) is 0 Å². The van der Waals surface area contributed by atoms with E-state index in [1.807, 2.05) is 18.5 Å². The van der Waals surface area contributed by atoms with Crippen molar-refractivity contribution >= 4 is 5.82 Å². The molecule has 1 N–H and O–H groups in total. The van der Waals surface area contributed by atoms with Gasteiger partial charge in [-0.15, -0.1) is 0 Å². The highest BCUT2D eigenvalue weighted by Crippen LogP contribution is 2.49. The minimum Gasteiger partial charge on any atom is -0.369 e. The Morgan fingerprint density at radius 1 is 1.22 bits per heavy atom. The summed E-state index contributed by atoms with van der Waals surface area (Å²) in [6.07, 6.45) is 10.7. The Morgan fingerprint density at radius 2 is 2.13 bits per heavy atom. The molecule has 0 radical (unpaired) electrons. The maximum atomic E-state index is 4.66. The normalized spacial score (nSPS) is 25.9. The summed E-state index contributed by atoms with van der Waals surface area (Å²) in [5.41, 5.74) is 2.08. The molecule has 0 saturated heterocycles. The van der Waals surface area contributed by atoms with Crippen molar-refractivity contribution in [2.24, 2.45) is 17.8 Å². The van der Waals surface area contributed by atoms with Crippen LogP contribution in [-0.4, -0.2) is 26.3 Å². The van der Waals surface area contributed by atoms with Gasteiger partial charge in [-0.2, -0.15) is 5.10 Å². The minimum atomic E-state index is 0.778.